The van der Waals surface area contributed by atoms with Gasteiger partial charge in [-0.3, -0.25) is 0 Å². The minimum absolute atomic E-state index is 0.0354. The number of hydrogen-bond donors (Lipinski definition) is 1. The SMILES string of the molecule is CCC(Nc1nc(C)nc2scc(CC(C)C)c12)c1noc(C)n1. The molecule has 0 bridgehead atoms. The Balaban J connectivity index is 2.02. The monoisotopic (exact) mass is 345 g/mol. The Hall–Kier alpha value is -2.02. The second kappa shape index (κ2) is 6.84. The summed E-state index contributed by atoms with van der Waals surface area (Å²) in [4.78, 5) is 14.6. The van der Waals surface area contributed by atoms with Gasteiger partial charge in [0.2, 0.25) is 5.89 Å². The molecule has 3 rings (SSSR count). The molecule has 6 nitrogen and oxygen atoms in total. The number of anilines is 1. The number of nitrogens with zero attached hydrogens (tertiary/aromatic N) is 4. The fraction of sp³-hybridized carbons (Fsp3) is 0.529. The summed E-state index contributed by atoms with van der Waals surface area (Å²) in [7, 11) is 0. The molecule has 24 heavy (non-hydrogen) atoms. The van der Waals surface area contributed by atoms with Gasteiger partial charge in [0.25, 0.3) is 0 Å². The molecule has 0 aliphatic rings. The molecule has 0 saturated carbocycles. The standard InChI is InChI=1S/C17H23N5OS/c1-6-13(15-20-11(5)23-22-15)21-16-14-12(7-9(2)3)8-24-17(14)19-10(4)18-16/h8-9,13H,6-7H2,1-5H3,(H,18,19,21). The van der Waals surface area contributed by atoms with Crippen molar-refractivity contribution < 1.29 is 4.52 Å². The molecular weight excluding hydrogens is 322 g/mol. The van der Waals surface area contributed by atoms with Crippen LogP contribution in [0.4, 0.5) is 5.82 Å². The first-order chi connectivity index (χ1) is 11.5. The molecule has 3 heterocycles. The highest BCUT2D eigenvalue weighted by atomic mass is 32.1. The Morgan fingerprint density at radius 1 is 1.21 bits per heavy atom. The van der Waals surface area contributed by atoms with Gasteiger partial charge >= 0.3 is 0 Å². The lowest BCUT2D eigenvalue weighted by atomic mass is 10.0. The van der Waals surface area contributed by atoms with Crippen molar-refractivity contribution in [2.24, 2.45) is 5.92 Å². The maximum atomic E-state index is 5.13. The molecule has 1 unspecified atom stereocenters. The van der Waals surface area contributed by atoms with Crippen molar-refractivity contribution in [1.29, 1.82) is 0 Å². The minimum Gasteiger partial charge on any atom is -0.359 e. The number of hydrogen-bond acceptors (Lipinski definition) is 7. The minimum atomic E-state index is -0.0354. The van der Waals surface area contributed by atoms with Gasteiger partial charge in [0.15, 0.2) is 5.82 Å². The van der Waals surface area contributed by atoms with Gasteiger partial charge < -0.3 is 9.84 Å². The van der Waals surface area contributed by atoms with Crippen molar-refractivity contribution >= 4 is 27.4 Å². The van der Waals surface area contributed by atoms with E-state index in [2.05, 4.69) is 51.6 Å². The smallest absolute Gasteiger partial charge is 0.223 e. The van der Waals surface area contributed by atoms with Crippen molar-refractivity contribution in [2.75, 3.05) is 5.32 Å². The number of fused-ring (bicyclic) bond motifs is 1. The van der Waals surface area contributed by atoms with E-state index in [4.69, 9.17) is 4.52 Å². The van der Waals surface area contributed by atoms with E-state index >= 15 is 0 Å². The molecule has 3 aromatic heterocycles. The van der Waals surface area contributed by atoms with Gasteiger partial charge in [-0.2, -0.15) is 4.98 Å². The molecule has 1 atom stereocenters. The van der Waals surface area contributed by atoms with E-state index in [1.54, 1.807) is 18.3 Å². The third-order valence-corrected chi connectivity index (χ3v) is 4.74. The number of aryl methyl sites for hydroxylation is 2. The molecule has 1 N–H and O–H groups in total. The second-order valence-electron chi connectivity index (χ2n) is 6.44. The van der Waals surface area contributed by atoms with Crippen LogP contribution in [0.5, 0.6) is 0 Å². The molecular formula is C17H23N5OS. The van der Waals surface area contributed by atoms with Gasteiger partial charge in [-0.1, -0.05) is 25.9 Å². The lowest BCUT2D eigenvalue weighted by Gasteiger charge is -2.16. The van der Waals surface area contributed by atoms with Crippen LogP contribution in [0.25, 0.3) is 10.2 Å². The van der Waals surface area contributed by atoms with E-state index in [0.717, 1.165) is 34.7 Å². The molecule has 0 fully saturated rings. The van der Waals surface area contributed by atoms with Gasteiger partial charge in [-0.05, 0) is 36.6 Å². The molecule has 0 aromatic carbocycles. The average molecular weight is 345 g/mol. The first-order valence-electron chi connectivity index (χ1n) is 8.29. The fourth-order valence-electron chi connectivity index (χ4n) is 2.77. The summed E-state index contributed by atoms with van der Waals surface area (Å²) >= 11 is 1.68. The van der Waals surface area contributed by atoms with Crippen LogP contribution >= 0.6 is 11.3 Å². The summed E-state index contributed by atoms with van der Waals surface area (Å²) < 4.78 is 5.13. The van der Waals surface area contributed by atoms with Gasteiger partial charge in [0.1, 0.15) is 16.5 Å². The molecule has 0 spiro atoms. The Morgan fingerprint density at radius 3 is 2.62 bits per heavy atom. The summed E-state index contributed by atoms with van der Waals surface area (Å²) in [5, 5.41) is 10.9. The molecule has 0 aliphatic heterocycles. The van der Waals surface area contributed by atoms with Crippen LogP contribution in [0.15, 0.2) is 9.90 Å². The van der Waals surface area contributed by atoms with Crippen molar-refractivity contribution in [3.63, 3.8) is 0 Å². The zero-order chi connectivity index (χ0) is 17.3. The van der Waals surface area contributed by atoms with Crippen LogP contribution in [0, 0.1) is 19.8 Å². The second-order valence-corrected chi connectivity index (χ2v) is 7.29. The van der Waals surface area contributed by atoms with Gasteiger partial charge in [-0.15, -0.1) is 11.3 Å². The lowest BCUT2D eigenvalue weighted by Crippen LogP contribution is -2.13. The number of rotatable bonds is 6. The summed E-state index contributed by atoms with van der Waals surface area (Å²) in [5.74, 6) is 3.45. The van der Waals surface area contributed by atoms with Crippen LogP contribution in [-0.2, 0) is 6.42 Å². The molecule has 128 valence electrons. The summed E-state index contributed by atoms with van der Waals surface area (Å²) in [6, 6.07) is -0.0354. The molecule has 0 radical (unpaired) electrons. The van der Waals surface area contributed by atoms with Crippen molar-refractivity contribution in [3.8, 4) is 0 Å². The summed E-state index contributed by atoms with van der Waals surface area (Å²) in [6.45, 7) is 10.3. The zero-order valence-corrected chi connectivity index (χ0v) is 15.6. The van der Waals surface area contributed by atoms with Gasteiger partial charge in [-0.25, -0.2) is 9.97 Å². The van der Waals surface area contributed by atoms with E-state index < -0.39 is 0 Å². The Labute approximate surface area is 145 Å². The molecule has 3 aromatic rings. The van der Waals surface area contributed by atoms with Gasteiger partial charge in [0.05, 0.1) is 11.4 Å². The maximum absolute atomic E-state index is 5.13. The van der Waals surface area contributed by atoms with Gasteiger partial charge in [0, 0.05) is 6.92 Å². The van der Waals surface area contributed by atoms with Crippen molar-refractivity contribution in [2.45, 2.75) is 53.5 Å². The summed E-state index contributed by atoms with van der Waals surface area (Å²) in [5.41, 5.74) is 1.30. The van der Waals surface area contributed by atoms with E-state index in [1.807, 2.05) is 6.92 Å². The molecule has 0 amide bonds. The maximum Gasteiger partial charge on any atom is 0.223 e. The lowest BCUT2D eigenvalue weighted by molar-refractivity contribution is 0.384. The highest BCUT2D eigenvalue weighted by Crippen LogP contribution is 2.33. The predicted octanol–water partition coefficient (Wildman–Crippen LogP) is 4.45. The largest absolute Gasteiger partial charge is 0.359 e. The van der Waals surface area contributed by atoms with Crippen LogP contribution in [0.3, 0.4) is 0 Å². The fourth-order valence-corrected chi connectivity index (χ4v) is 3.77. The van der Waals surface area contributed by atoms with Crippen LogP contribution in [-0.4, -0.2) is 20.1 Å². The average Bonchev–Trinajstić information content (AvgIpc) is 3.11. The topological polar surface area (TPSA) is 76.7 Å². The van der Waals surface area contributed by atoms with Crippen molar-refractivity contribution in [1.82, 2.24) is 20.1 Å². The highest BCUT2D eigenvalue weighted by Gasteiger charge is 2.20. The van der Waals surface area contributed by atoms with Crippen molar-refractivity contribution in [3.05, 3.63) is 28.5 Å². The van der Waals surface area contributed by atoms with Crippen LogP contribution < -0.4 is 5.32 Å². The number of aromatic nitrogens is 4. The molecule has 0 aliphatic carbocycles. The first-order valence-corrected chi connectivity index (χ1v) is 9.17. The summed E-state index contributed by atoms with van der Waals surface area (Å²) in [6.07, 6.45) is 1.85. The van der Waals surface area contributed by atoms with Crippen LogP contribution in [0.1, 0.15) is 56.3 Å². The van der Waals surface area contributed by atoms with Crippen LogP contribution in [0.2, 0.25) is 0 Å². The van der Waals surface area contributed by atoms with E-state index in [1.165, 1.54) is 5.56 Å². The first kappa shape index (κ1) is 16.8. The quantitative estimate of drug-likeness (QED) is 0.711. The zero-order valence-electron chi connectivity index (χ0n) is 14.8. The third-order valence-electron chi connectivity index (χ3n) is 3.82. The highest BCUT2D eigenvalue weighted by molar-refractivity contribution is 7.17. The molecule has 7 heteroatoms. The Morgan fingerprint density at radius 2 is 2.00 bits per heavy atom. The number of nitrogens with one attached hydrogen (secondary N) is 1. The third kappa shape index (κ3) is 3.40. The molecule has 0 saturated heterocycles. The predicted molar refractivity (Wildman–Crippen MR) is 96.4 cm³/mol. The normalized spacial score (nSPS) is 12.9. The van der Waals surface area contributed by atoms with E-state index in [-0.39, 0.29) is 6.04 Å². The Bertz CT molecular complexity index is 839. The number of thiophene rings is 1. The Kier molecular flexibility index (Phi) is 4.80. The van der Waals surface area contributed by atoms with E-state index in [9.17, 15) is 0 Å². The van der Waals surface area contributed by atoms with E-state index in [0.29, 0.717) is 17.6 Å².